The molecule has 140 valence electrons. The average molecular weight is 388 g/mol. The van der Waals surface area contributed by atoms with Crippen molar-refractivity contribution in [2.45, 2.75) is 32.7 Å². The predicted octanol–water partition coefficient (Wildman–Crippen LogP) is 2.79. The molecule has 0 aromatic heterocycles. The Morgan fingerprint density at radius 3 is 2.84 bits per heavy atom. The monoisotopic (exact) mass is 387 g/mol. The number of hydrogen-bond donors (Lipinski definition) is 2. The van der Waals surface area contributed by atoms with Gasteiger partial charge in [-0.15, -0.1) is 12.4 Å². The number of rotatable bonds is 6. The van der Waals surface area contributed by atoms with Gasteiger partial charge in [0.25, 0.3) is 0 Å². The highest BCUT2D eigenvalue weighted by Crippen LogP contribution is 2.24. The SMILES string of the molecule is CC(C)CCC(=O)NCC(=O)N1CCNCC1c1cccc(Cl)c1.Cl. The second-order valence-electron chi connectivity index (χ2n) is 6.57. The molecule has 1 unspecified atom stereocenters. The highest BCUT2D eigenvalue weighted by atomic mass is 35.5. The molecule has 1 aromatic rings. The summed E-state index contributed by atoms with van der Waals surface area (Å²) in [4.78, 5) is 26.2. The van der Waals surface area contributed by atoms with Crippen molar-refractivity contribution < 1.29 is 9.59 Å². The fourth-order valence-corrected chi connectivity index (χ4v) is 3.00. The van der Waals surface area contributed by atoms with Crippen LogP contribution in [0.25, 0.3) is 0 Å². The third-order valence-electron chi connectivity index (χ3n) is 4.18. The highest BCUT2D eigenvalue weighted by molar-refractivity contribution is 6.30. The largest absolute Gasteiger partial charge is 0.347 e. The fraction of sp³-hybridized carbons (Fsp3) is 0.556. The topological polar surface area (TPSA) is 61.4 Å². The van der Waals surface area contributed by atoms with Crippen LogP contribution in [0, 0.1) is 5.92 Å². The first-order valence-corrected chi connectivity index (χ1v) is 8.87. The van der Waals surface area contributed by atoms with E-state index >= 15 is 0 Å². The van der Waals surface area contributed by atoms with Gasteiger partial charge >= 0.3 is 0 Å². The number of hydrogen-bond acceptors (Lipinski definition) is 3. The number of benzene rings is 1. The van der Waals surface area contributed by atoms with Crippen LogP contribution in [0.15, 0.2) is 24.3 Å². The smallest absolute Gasteiger partial charge is 0.242 e. The Hall–Kier alpha value is -1.30. The molecule has 1 aliphatic heterocycles. The van der Waals surface area contributed by atoms with Gasteiger partial charge in [-0.25, -0.2) is 0 Å². The van der Waals surface area contributed by atoms with E-state index < -0.39 is 0 Å². The Morgan fingerprint density at radius 2 is 2.16 bits per heavy atom. The molecule has 2 amide bonds. The third-order valence-corrected chi connectivity index (χ3v) is 4.42. The standard InChI is InChI=1S/C18H26ClN3O2.ClH/c1-13(2)6-7-17(23)21-12-18(24)22-9-8-20-11-16(22)14-4-3-5-15(19)10-14;/h3-5,10,13,16,20H,6-9,11-12H2,1-2H3,(H,21,23);1H. The number of amides is 2. The summed E-state index contributed by atoms with van der Waals surface area (Å²) in [7, 11) is 0. The number of carbonyl (C=O) groups excluding carboxylic acids is 2. The van der Waals surface area contributed by atoms with Gasteiger partial charge in [-0.3, -0.25) is 9.59 Å². The van der Waals surface area contributed by atoms with E-state index in [1.54, 1.807) is 0 Å². The van der Waals surface area contributed by atoms with E-state index in [1.165, 1.54) is 0 Å². The molecule has 2 N–H and O–H groups in total. The lowest BCUT2D eigenvalue weighted by molar-refractivity contribution is -0.135. The summed E-state index contributed by atoms with van der Waals surface area (Å²) in [6.07, 6.45) is 1.29. The minimum Gasteiger partial charge on any atom is -0.347 e. The maximum Gasteiger partial charge on any atom is 0.242 e. The zero-order chi connectivity index (χ0) is 17.5. The van der Waals surface area contributed by atoms with Crippen LogP contribution >= 0.6 is 24.0 Å². The van der Waals surface area contributed by atoms with Crippen LogP contribution in [0.3, 0.4) is 0 Å². The van der Waals surface area contributed by atoms with Gasteiger partial charge in [0.05, 0.1) is 12.6 Å². The Bertz CT molecular complexity index is 581. The fourth-order valence-electron chi connectivity index (χ4n) is 2.80. The van der Waals surface area contributed by atoms with E-state index in [4.69, 9.17) is 11.6 Å². The highest BCUT2D eigenvalue weighted by Gasteiger charge is 2.27. The van der Waals surface area contributed by atoms with Gasteiger partial charge in [-0.1, -0.05) is 37.6 Å². The van der Waals surface area contributed by atoms with Crippen molar-refractivity contribution in [1.29, 1.82) is 0 Å². The molecule has 0 spiro atoms. The van der Waals surface area contributed by atoms with Crippen LogP contribution in [0.4, 0.5) is 0 Å². The normalized spacial score (nSPS) is 17.1. The molecule has 0 radical (unpaired) electrons. The molecule has 1 aromatic carbocycles. The summed E-state index contributed by atoms with van der Waals surface area (Å²) in [6, 6.07) is 7.52. The lowest BCUT2D eigenvalue weighted by Crippen LogP contribution is -2.51. The van der Waals surface area contributed by atoms with Gasteiger partial charge in [-0.05, 0) is 30.0 Å². The van der Waals surface area contributed by atoms with E-state index in [0.717, 1.165) is 18.5 Å². The summed E-state index contributed by atoms with van der Waals surface area (Å²) in [5.74, 6) is 0.359. The van der Waals surface area contributed by atoms with Gasteiger partial charge in [0, 0.05) is 31.1 Å². The number of nitrogens with zero attached hydrogens (tertiary/aromatic N) is 1. The van der Waals surface area contributed by atoms with Crippen LogP contribution in [0.5, 0.6) is 0 Å². The summed E-state index contributed by atoms with van der Waals surface area (Å²) < 4.78 is 0. The first kappa shape index (κ1) is 21.7. The zero-order valence-corrected chi connectivity index (χ0v) is 16.3. The minimum atomic E-state index is -0.0634. The van der Waals surface area contributed by atoms with Gasteiger partial charge in [-0.2, -0.15) is 0 Å². The zero-order valence-electron chi connectivity index (χ0n) is 14.8. The van der Waals surface area contributed by atoms with Crippen molar-refractivity contribution in [3.63, 3.8) is 0 Å². The van der Waals surface area contributed by atoms with Gasteiger partial charge in [0.2, 0.25) is 11.8 Å². The molecule has 1 heterocycles. The quantitative estimate of drug-likeness (QED) is 0.788. The molecule has 0 saturated carbocycles. The minimum absolute atomic E-state index is 0. The van der Waals surface area contributed by atoms with E-state index in [9.17, 15) is 9.59 Å². The van der Waals surface area contributed by atoms with E-state index in [1.807, 2.05) is 29.2 Å². The molecular formula is C18H27Cl2N3O2. The van der Waals surface area contributed by atoms with E-state index in [2.05, 4.69) is 24.5 Å². The second kappa shape index (κ2) is 10.6. The van der Waals surface area contributed by atoms with Gasteiger partial charge in [0.1, 0.15) is 0 Å². The molecule has 1 fully saturated rings. The Labute approximate surface area is 160 Å². The van der Waals surface area contributed by atoms with Gasteiger partial charge < -0.3 is 15.5 Å². The van der Waals surface area contributed by atoms with E-state index in [0.29, 0.717) is 30.5 Å². The molecule has 0 aliphatic carbocycles. The van der Waals surface area contributed by atoms with E-state index in [-0.39, 0.29) is 36.8 Å². The Morgan fingerprint density at radius 1 is 1.40 bits per heavy atom. The lowest BCUT2D eigenvalue weighted by atomic mass is 10.0. The van der Waals surface area contributed by atoms with Crippen molar-refractivity contribution in [2.24, 2.45) is 5.92 Å². The van der Waals surface area contributed by atoms with Crippen LogP contribution in [-0.4, -0.2) is 42.9 Å². The van der Waals surface area contributed by atoms with Crippen molar-refractivity contribution in [3.05, 3.63) is 34.9 Å². The van der Waals surface area contributed by atoms with Crippen molar-refractivity contribution >= 4 is 35.8 Å². The molecule has 25 heavy (non-hydrogen) atoms. The first-order chi connectivity index (χ1) is 11.5. The third kappa shape index (κ3) is 6.84. The van der Waals surface area contributed by atoms with Crippen LogP contribution < -0.4 is 10.6 Å². The number of carbonyl (C=O) groups is 2. The van der Waals surface area contributed by atoms with Crippen LogP contribution in [-0.2, 0) is 9.59 Å². The molecular weight excluding hydrogens is 361 g/mol. The molecule has 0 bridgehead atoms. The first-order valence-electron chi connectivity index (χ1n) is 8.49. The van der Waals surface area contributed by atoms with Crippen LogP contribution in [0.2, 0.25) is 5.02 Å². The average Bonchev–Trinajstić information content (AvgIpc) is 2.57. The number of nitrogens with one attached hydrogen (secondary N) is 2. The van der Waals surface area contributed by atoms with Crippen molar-refractivity contribution in [2.75, 3.05) is 26.2 Å². The molecule has 5 nitrogen and oxygen atoms in total. The Kier molecular flexibility index (Phi) is 9.25. The lowest BCUT2D eigenvalue weighted by Gasteiger charge is -2.36. The number of halogens is 2. The summed E-state index contributed by atoms with van der Waals surface area (Å²) in [5.41, 5.74) is 1.01. The summed E-state index contributed by atoms with van der Waals surface area (Å²) >= 11 is 6.07. The predicted molar refractivity (Wildman–Crippen MR) is 103 cm³/mol. The van der Waals surface area contributed by atoms with Crippen molar-refractivity contribution in [1.82, 2.24) is 15.5 Å². The molecule has 1 saturated heterocycles. The maximum absolute atomic E-state index is 12.6. The molecule has 1 aliphatic rings. The summed E-state index contributed by atoms with van der Waals surface area (Å²) in [6.45, 7) is 6.27. The molecule has 1 atom stereocenters. The second-order valence-corrected chi connectivity index (χ2v) is 7.01. The molecule has 7 heteroatoms. The van der Waals surface area contributed by atoms with Gasteiger partial charge in [0.15, 0.2) is 0 Å². The van der Waals surface area contributed by atoms with Crippen molar-refractivity contribution in [3.8, 4) is 0 Å². The Balaban J connectivity index is 0.00000312. The number of piperazine rings is 1. The maximum atomic E-state index is 12.6. The summed E-state index contributed by atoms with van der Waals surface area (Å²) in [5, 5.41) is 6.71. The molecule has 2 rings (SSSR count). The van der Waals surface area contributed by atoms with Crippen LogP contribution in [0.1, 0.15) is 38.3 Å².